The minimum atomic E-state index is -0.663. The lowest BCUT2D eigenvalue weighted by atomic mass is 10.2. The molecule has 11 nitrogen and oxygen atoms in total. The molecule has 0 radical (unpaired) electrons. The van der Waals surface area contributed by atoms with Crippen molar-refractivity contribution in [2.75, 3.05) is 19.7 Å². The van der Waals surface area contributed by atoms with Crippen LogP contribution in [0.5, 0.6) is 11.5 Å². The lowest BCUT2D eigenvalue weighted by molar-refractivity contribution is -0.130. The maximum absolute atomic E-state index is 11.9. The number of carbonyl (C=O) groups excluding carboxylic acids is 4. The molecule has 0 atom stereocenters. The number of ether oxygens (including phenoxy) is 2. The minimum absolute atomic E-state index is 0.0628. The van der Waals surface area contributed by atoms with Crippen LogP contribution < -0.4 is 31.0 Å². The Morgan fingerprint density at radius 2 is 1.34 bits per heavy atom. The Morgan fingerprint density at radius 3 is 2.03 bits per heavy atom. The number of benzene rings is 2. The molecular weight excluding hydrogens is 456 g/mol. The van der Waals surface area contributed by atoms with Crippen molar-refractivity contribution in [2.24, 2.45) is 0 Å². The summed E-state index contributed by atoms with van der Waals surface area (Å²) < 4.78 is 15.9. The van der Waals surface area contributed by atoms with Crippen LogP contribution in [0.3, 0.4) is 0 Å². The molecule has 0 aliphatic heterocycles. The van der Waals surface area contributed by atoms with Gasteiger partial charge in [0.05, 0.1) is 19.4 Å². The van der Waals surface area contributed by atoms with Gasteiger partial charge >= 0.3 is 0 Å². The smallest absolute Gasteiger partial charge is 0.287 e. The predicted molar refractivity (Wildman–Crippen MR) is 123 cm³/mol. The number of nitrogens with one attached hydrogen (secondary N) is 4. The monoisotopic (exact) mass is 480 g/mol. The van der Waals surface area contributed by atoms with Crippen molar-refractivity contribution in [1.29, 1.82) is 0 Å². The van der Waals surface area contributed by atoms with Gasteiger partial charge in [0.1, 0.15) is 18.1 Å². The lowest BCUT2D eigenvalue weighted by Crippen LogP contribution is -2.48. The van der Waals surface area contributed by atoms with Crippen molar-refractivity contribution in [2.45, 2.75) is 6.61 Å². The van der Waals surface area contributed by atoms with Gasteiger partial charge in [0.25, 0.3) is 17.7 Å². The van der Waals surface area contributed by atoms with Crippen molar-refractivity contribution in [3.05, 3.63) is 84.3 Å². The zero-order chi connectivity index (χ0) is 24.9. The van der Waals surface area contributed by atoms with Gasteiger partial charge in [-0.1, -0.05) is 30.3 Å². The molecule has 2 aromatic carbocycles. The Hall–Kier alpha value is -4.80. The van der Waals surface area contributed by atoms with Gasteiger partial charge in [-0.3, -0.25) is 30.0 Å². The molecule has 0 saturated carbocycles. The second-order valence-electron chi connectivity index (χ2n) is 7.07. The van der Waals surface area contributed by atoms with Crippen LogP contribution in [0.25, 0.3) is 0 Å². The van der Waals surface area contributed by atoms with Gasteiger partial charge < -0.3 is 24.5 Å². The number of furan rings is 1. The maximum Gasteiger partial charge on any atom is 0.287 e. The van der Waals surface area contributed by atoms with Gasteiger partial charge in [-0.15, -0.1) is 0 Å². The largest absolute Gasteiger partial charge is 0.489 e. The minimum Gasteiger partial charge on any atom is -0.489 e. The van der Waals surface area contributed by atoms with E-state index in [1.54, 1.807) is 24.3 Å². The molecule has 4 N–H and O–H groups in total. The maximum atomic E-state index is 11.9. The normalized spacial score (nSPS) is 10.1. The first-order valence-electron chi connectivity index (χ1n) is 10.6. The van der Waals surface area contributed by atoms with E-state index in [-0.39, 0.29) is 18.9 Å². The van der Waals surface area contributed by atoms with Gasteiger partial charge in [-0.2, -0.15) is 0 Å². The quantitative estimate of drug-likeness (QED) is 0.299. The van der Waals surface area contributed by atoms with Gasteiger partial charge in [0.2, 0.25) is 5.91 Å². The Labute approximate surface area is 200 Å². The Bertz CT molecular complexity index is 1120. The van der Waals surface area contributed by atoms with Crippen LogP contribution in [0.2, 0.25) is 0 Å². The number of hydrogen-bond acceptors (Lipinski definition) is 7. The Morgan fingerprint density at radius 1 is 0.686 bits per heavy atom. The highest BCUT2D eigenvalue weighted by molar-refractivity contribution is 5.94. The van der Waals surface area contributed by atoms with Crippen LogP contribution in [0, 0.1) is 0 Å². The topological polar surface area (TPSA) is 148 Å². The van der Waals surface area contributed by atoms with Crippen molar-refractivity contribution in [3.63, 3.8) is 0 Å². The third-order valence-corrected chi connectivity index (χ3v) is 4.38. The Balaban J connectivity index is 1.26. The van der Waals surface area contributed by atoms with E-state index in [1.165, 1.54) is 18.4 Å². The molecule has 0 saturated heterocycles. The molecule has 0 fully saturated rings. The molecule has 3 rings (SSSR count). The molecular formula is C24H24N4O7. The zero-order valence-electron chi connectivity index (χ0n) is 18.6. The van der Waals surface area contributed by atoms with Crippen LogP contribution in [0.15, 0.2) is 77.4 Å². The van der Waals surface area contributed by atoms with E-state index in [0.717, 1.165) is 5.56 Å². The molecule has 35 heavy (non-hydrogen) atoms. The summed E-state index contributed by atoms with van der Waals surface area (Å²) in [6.07, 6.45) is 1.33. The SMILES string of the molecule is O=C(CNC(=O)c1ccco1)NCC(=O)NNC(=O)COc1ccc(OCc2ccccc2)cc1. The van der Waals surface area contributed by atoms with Crippen LogP contribution in [-0.2, 0) is 21.0 Å². The molecule has 0 aliphatic rings. The average Bonchev–Trinajstić information content (AvgIpc) is 3.43. The first-order valence-corrected chi connectivity index (χ1v) is 10.6. The molecule has 1 aromatic heterocycles. The van der Waals surface area contributed by atoms with E-state index in [4.69, 9.17) is 13.9 Å². The average molecular weight is 480 g/mol. The molecule has 3 aromatic rings. The molecule has 1 heterocycles. The fourth-order valence-electron chi connectivity index (χ4n) is 2.64. The summed E-state index contributed by atoms with van der Waals surface area (Å²) in [5.41, 5.74) is 5.37. The standard InChI is InChI=1S/C24H24N4O7/c29-21(13-26-24(32)20-7-4-12-33-20)25-14-22(30)27-28-23(31)16-35-19-10-8-18(9-11-19)34-15-17-5-2-1-3-6-17/h1-12H,13-16H2,(H,25,29)(H,26,32)(H,27,30)(H,28,31). The summed E-state index contributed by atoms with van der Waals surface area (Å²) in [4.78, 5) is 47.0. The van der Waals surface area contributed by atoms with E-state index in [1.807, 2.05) is 30.3 Å². The first-order chi connectivity index (χ1) is 17.0. The summed E-state index contributed by atoms with van der Waals surface area (Å²) in [6, 6.07) is 19.5. The van der Waals surface area contributed by atoms with Gasteiger partial charge in [0.15, 0.2) is 12.4 Å². The highest BCUT2D eigenvalue weighted by Gasteiger charge is 2.11. The van der Waals surface area contributed by atoms with Crippen LogP contribution in [0.1, 0.15) is 16.1 Å². The number of amides is 4. The van der Waals surface area contributed by atoms with Crippen molar-refractivity contribution >= 4 is 23.6 Å². The fourth-order valence-corrected chi connectivity index (χ4v) is 2.64. The highest BCUT2D eigenvalue weighted by atomic mass is 16.5. The molecule has 182 valence electrons. The third kappa shape index (κ3) is 8.92. The summed E-state index contributed by atoms with van der Waals surface area (Å²) >= 11 is 0. The number of hydrogen-bond donors (Lipinski definition) is 4. The third-order valence-electron chi connectivity index (χ3n) is 4.38. The summed E-state index contributed by atoms with van der Waals surface area (Å²) in [6.45, 7) is -0.650. The first kappa shape index (κ1) is 24.8. The fraction of sp³-hybridized carbons (Fsp3) is 0.167. The van der Waals surface area contributed by atoms with E-state index in [0.29, 0.717) is 18.1 Å². The number of hydrazine groups is 1. The van der Waals surface area contributed by atoms with Gasteiger partial charge in [-0.25, -0.2) is 0 Å². The summed E-state index contributed by atoms with van der Waals surface area (Å²) in [5, 5.41) is 4.64. The second kappa shape index (κ2) is 13.0. The molecule has 0 aliphatic carbocycles. The second-order valence-corrected chi connectivity index (χ2v) is 7.07. The molecule has 0 bridgehead atoms. The summed E-state index contributed by atoms with van der Waals surface area (Å²) in [5.74, 6) is -1.25. The highest BCUT2D eigenvalue weighted by Crippen LogP contribution is 2.18. The van der Waals surface area contributed by atoms with Crippen molar-refractivity contribution in [1.82, 2.24) is 21.5 Å². The van der Waals surface area contributed by atoms with E-state index in [2.05, 4.69) is 21.5 Å². The number of carbonyl (C=O) groups is 4. The molecule has 4 amide bonds. The van der Waals surface area contributed by atoms with E-state index >= 15 is 0 Å². The zero-order valence-corrected chi connectivity index (χ0v) is 18.6. The van der Waals surface area contributed by atoms with Crippen LogP contribution >= 0.6 is 0 Å². The van der Waals surface area contributed by atoms with Gasteiger partial charge in [0, 0.05) is 0 Å². The molecule has 0 spiro atoms. The van der Waals surface area contributed by atoms with E-state index in [9.17, 15) is 19.2 Å². The van der Waals surface area contributed by atoms with Crippen molar-refractivity contribution < 1.29 is 33.1 Å². The Kier molecular flexibility index (Phi) is 9.25. The molecule has 11 heteroatoms. The number of rotatable bonds is 11. The van der Waals surface area contributed by atoms with Crippen LogP contribution in [-0.4, -0.2) is 43.3 Å². The van der Waals surface area contributed by atoms with Crippen LogP contribution in [0.4, 0.5) is 0 Å². The molecule has 0 unspecified atom stereocenters. The summed E-state index contributed by atoms with van der Waals surface area (Å²) in [7, 11) is 0. The van der Waals surface area contributed by atoms with E-state index < -0.39 is 30.2 Å². The van der Waals surface area contributed by atoms with Crippen molar-refractivity contribution in [3.8, 4) is 11.5 Å². The lowest BCUT2D eigenvalue weighted by Gasteiger charge is -2.10. The van der Waals surface area contributed by atoms with Gasteiger partial charge in [-0.05, 0) is 42.0 Å². The predicted octanol–water partition coefficient (Wildman–Crippen LogP) is 0.931.